The molecule has 7 heteroatoms. The molecule has 6 nitrogen and oxygen atoms in total. The normalized spacial score (nSPS) is 22.2. The first kappa shape index (κ1) is 24.5. The minimum Gasteiger partial charge on any atom is -0.460 e. The maximum Gasteiger partial charge on any atom is 0.309 e. The van der Waals surface area contributed by atoms with Crippen LogP contribution in [-0.2, 0) is 16.1 Å². The van der Waals surface area contributed by atoms with Crippen LogP contribution >= 0.6 is 22.6 Å². The van der Waals surface area contributed by atoms with Crippen LogP contribution in [0.2, 0.25) is 0 Å². The molecular formula is C28H34IN3O3. The van der Waals surface area contributed by atoms with Crippen LogP contribution < -0.4 is 5.32 Å². The maximum atomic E-state index is 13.3. The molecule has 2 fully saturated rings. The molecule has 5 rings (SSSR count). The second kappa shape index (κ2) is 9.37. The molecule has 2 aromatic rings. The van der Waals surface area contributed by atoms with Gasteiger partial charge in [-0.2, -0.15) is 0 Å². The van der Waals surface area contributed by atoms with Gasteiger partial charge in [0.05, 0.1) is 5.92 Å². The van der Waals surface area contributed by atoms with Gasteiger partial charge >= 0.3 is 5.97 Å². The highest BCUT2D eigenvalue weighted by atomic mass is 127. The molecule has 1 aromatic carbocycles. The summed E-state index contributed by atoms with van der Waals surface area (Å²) in [6.07, 6.45) is 5.62. The number of halogens is 1. The first-order chi connectivity index (χ1) is 16.6. The van der Waals surface area contributed by atoms with Crippen LogP contribution in [0.3, 0.4) is 0 Å². The zero-order valence-corrected chi connectivity index (χ0v) is 23.1. The minimum atomic E-state index is -0.464. The van der Waals surface area contributed by atoms with E-state index in [2.05, 4.69) is 47.0 Å². The Bertz CT molecular complexity index is 1160. The number of ether oxygens (including phenoxy) is 1. The lowest BCUT2D eigenvalue weighted by molar-refractivity contribution is -0.161. The Morgan fingerprint density at radius 1 is 1.11 bits per heavy atom. The summed E-state index contributed by atoms with van der Waals surface area (Å²) in [4.78, 5) is 32.5. The molecule has 0 unspecified atom stereocenters. The molecule has 3 aliphatic rings. The van der Waals surface area contributed by atoms with E-state index in [0.717, 1.165) is 42.8 Å². The zero-order chi connectivity index (χ0) is 24.9. The number of hydrogen-bond donors (Lipinski definition) is 1. The van der Waals surface area contributed by atoms with Crippen LogP contribution in [0.1, 0.15) is 92.4 Å². The summed E-state index contributed by atoms with van der Waals surface area (Å²) in [7, 11) is 0. The highest BCUT2D eigenvalue weighted by Crippen LogP contribution is 2.45. The molecule has 2 saturated carbocycles. The molecule has 0 radical (unpaired) electrons. The van der Waals surface area contributed by atoms with E-state index in [1.807, 2.05) is 37.8 Å². The number of anilines is 2. The van der Waals surface area contributed by atoms with Crippen molar-refractivity contribution in [1.82, 2.24) is 9.88 Å². The number of esters is 1. The van der Waals surface area contributed by atoms with Gasteiger partial charge < -0.3 is 15.0 Å². The van der Waals surface area contributed by atoms with Crippen LogP contribution in [0.25, 0.3) is 0 Å². The number of rotatable bonds is 5. The lowest BCUT2D eigenvalue weighted by Gasteiger charge is -2.34. The van der Waals surface area contributed by atoms with Crippen molar-refractivity contribution < 1.29 is 14.3 Å². The van der Waals surface area contributed by atoms with Gasteiger partial charge in [-0.25, -0.2) is 4.98 Å². The third-order valence-electron chi connectivity index (χ3n) is 7.27. The molecule has 2 aliphatic carbocycles. The number of carbonyl (C=O) groups excluding carboxylic acids is 2. The van der Waals surface area contributed by atoms with Gasteiger partial charge in [0, 0.05) is 27.4 Å². The Morgan fingerprint density at radius 2 is 1.83 bits per heavy atom. The Hall–Kier alpha value is -2.16. The Labute approximate surface area is 221 Å². The molecule has 2 heterocycles. The monoisotopic (exact) mass is 587 g/mol. The van der Waals surface area contributed by atoms with E-state index in [4.69, 9.17) is 9.72 Å². The molecule has 1 amide bonds. The van der Waals surface area contributed by atoms with E-state index >= 15 is 0 Å². The maximum absolute atomic E-state index is 13.3. The quantitative estimate of drug-likeness (QED) is 0.321. The van der Waals surface area contributed by atoms with Gasteiger partial charge in [-0.05, 0) is 124 Å². The number of carbonyl (C=O) groups is 2. The molecule has 1 N–H and O–H groups in total. The van der Waals surface area contributed by atoms with Crippen LogP contribution in [0.15, 0.2) is 24.3 Å². The second-order valence-electron chi connectivity index (χ2n) is 11.3. The number of aromatic nitrogens is 1. The first-order valence-electron chi connectivity index (χ1n) is 12.7. The highest BCUT2D eigenvalue weighted by Gasteiger charge is 2.38. The highest BCUT2D eigenvalue weighted by molar-refractivity contribution is 14.1. The smallest absolute Gasteiger partial charge is 0.309 e. The van der Waals surface area contributed by atoms with Gasteiger partial charge in [0.15, 0.2) is 0 Å². The SMILES string of the molecule is Cc1cc(Nc2ccc3c(n2)C(=O)N([C@H]2CC[C@H](C(=O)OC(C)(C)C)CC2)C3)c(C2CC2)cc1I. The fourth-order valence-corrected chi connectivity index (χ4v) is 5.73. The lowest BCUT2D eigenvalue weighted by atomic mass is 9.85. The van der Waals surface area contributed by atoms with Gasteiger partial charge in [0.2, 0.25) is 0 Å². The number of fused-ring (bicyclic) bond motifs is 1. The zero-order valence-electron chi connectivity index (χ0n) is 21.0. The van der Waals surface area contributed by atoms with Crippen molar-refractivity contribution in [3.63, 3.8) is 0 Å². The Morgan fingerprint density at radius 3 is 2.49 bits per heavy atom. The van der Waals surface area contributed by atoms with Crippen molar-refractivity contribution in [3.8, 4) is 0 Å². The van der Waals surface area contributed by atoms with Gasteiger partial charge in [0.1, 0.15) is 17.1 Å². The topological polar surface area (TPSA) is 71.5 Å². The fraction of sp³-hybridized carbons (Fsp3) is 0.536. The standard InChI is InChI=1S/C28H34IN3O3/c1-16-13-23(21(14-22(16)29)17-5-6-17)30-24-12-9-19-15-32(26(33)25(19)31-24)20-10-7-18(8-11-20)27(34)35-28(2,3)4/h9,12-14,17-18,20H,5-8,10-11,15H2,1-4H3,(H,30,31)/t18-,20-. The summed E-state index contributed by atoms with van der Waals surface area (Å²) in [6, 6.07) is 8.64. The average Bonchev–Trinajstić information content (AvgIpc) is 3.59. The largest absolute Gasteiger partial charge is 0.460 e. The molecule has 1 aliphatic heterocycles. The molecule has 0 bridgehead atoms. The molecule has 1 aromatic heterocycles. The van der Waals surface area contributed by atoms with Crippen LogP contribution in [0.5, 0.6) is 0 Å². The third-order valence-corrected chi connectivity index (χ3v) is 8.43. The van der Waals surface area contributed by atoms with E-state index in [1.54, 1.807) is 0 Å². The van der Waals surface area contributed by atoms with Crippen molar-refractivity contribution >= 4 is 46.0 Å². The number of benzene rings is 1. The van der Waals surface area contributed by atoms with Crippen molar-refractivity contribution in [2.75, 3.05) is 5.32 Å². The van der Waals surface area contributed by atoms with Crippen molar-refractivity contribution in [1.29, 1.82) is 0 Å². The number of hydrogen-bond acceptors (Lipinski definition) is 5. The molecule has 0 saturated heterocycles. The molecular weight excluding hydrogens is 553 g/mol. The number of amides is 1. The van der Waals surface area contributed by atoms with E-state index in [9.17, 15) is 9.59 Å². The summed E-state index contributed by atoms with van der Waals surface area (Å²) in [5.74, 6) is 1.16. The van der Waals surface area contributed by atoms with E-state index in [1.165, 1.54) is 27.5 Å². The van der Waals surface area contributed by atoms with Gasteiger partial charge in [0.25, 0.3) is 5.91 Å². The Kier molecular flexibility index (Phi) is 6.57. The van der Waals surface area contributed by atoms with E-state index < -0.39 is 5.60 Å². The van der Waals surface area contributed by atoms with Crippen molar-refractivity contribution in [2.24, 2.45) is 5.92 Å². The predicted molar refractivity (Wildman–Crippen MR) is 145 cm³/mol. The average molecular weight is 588 g/mol. The predicted octanol–water partition coefficient (Wildman–Crippen LogP) is 6.47. The molecule has 0 spiro atoms. The summed E-state index contributed by atoms with van der Waals surface area (Å²) in [5.41, 5.74) is 4.75. The number of nitrogens with zero attached hydrogens (tertiary/aromatic N) is 2. The lowest BCUT2D eigenvalue weighted by Crippen LogP contribution is -2.40. The van der Waals surface area contributed by atoms with E-state index in [-0.39, 0.29) is 23.8 Å². The summed E-state index contributed by atoms with van der Waals surface area (Å²) in [5, 5.41) is 3.51. The summed E-state index contributed by atoms with van der Waals surface area (Å²) >= 11 is 2.40. The summed E-state index contributed by atoms with van der Waals surface area (Å²) in [6.45, 7) is 8.43. The first-order valence-corrected chi connectivity index (χ1v) is 13.8. The number of aryl methyl sites for hydroxylation is 1. The van der Waals surface area contributed by atoms with Gasteiger partial charge in [-0.15, -0.1) is 0 Å². The second-order valence-corrected chi connectivity index (χ2v) is 12.4. The molecule has 35 heavy (non-hydrogen) atoms. The minimum absolute atomic E-state index is 0.00516. The molecule has 186 valence electrons. The van der Waals surface area contributed by atoms with Crippen LogP contribution in [-0.4, -0.2) is 33.4 Å². The Balaban J connectivity index is 1.26. The van der Waals surface area contributed by atoms with Gasteiger partial charge in [-0.1, -0.05) is 6.07 Å². The van der Waals surface area contributed by atoms with Crippen LogP contribution in [0, 0.1) is 16.4 Å². The van der Waals surface area contributed by atoms with E-state index in [0.29, 0.717) is 18.2 Å². The van der Waals surface area contributed by atoms with Crippen molar-refractivity contribution in [2.45, 2.75) is 90.3 Å². The van der Waals surface area contributed by atoms with Gasteiger partial charge in [-0.3, -0.25) is 9.59 Å². The molecule has 0 atom stereocenters. The number of nitrogens with one attached hydrogen (secondary N) is 1. The number of pyridine rings is 1. The fourth-order valence-electron chi connectivity index (χ4n) is 5.24. The summed E-state index contributed by atoms with van der Waals surface area (Å²) < 4.78 is 6.86. The van der Waals surface area contributed by atoms with Crippen LogP contribution in [0.4, 0.5) is 11.5 Å². The third kappa shape index (κ3) is 5.34. The van der Waals surface area contributed by atoms with Crippen molar-refractivity contribution in [3.05, 3.63) is 50.2 Å².